The van der Waals surface area contributed by atoms with E-state index in [9.17, 15) is 29.9 Å². The Hall–Kier alpha value is -2.58. The van der Waals surface area contributed by atoms with E-state index in [1.54, 1.807) is 0 Å². The van der Waals surface area contributed by atoms with E-state index in [1.807, 2.05) is 0 Å². The number of nitro groups is 1. The van der Waals surface area contributed by atoms with Gasteiger partial charge in [0.05, 0.1) is 22.8 Å². The molecular weight excluding hydrogens is 304 g/mol. The van der Waals surface area contributed by atoms with Crippen LogP contribution in [0.15, 0.2) is 36.9 Å². The smallest absolute Gasteiger partial charge is 0.269 e. The van der Waals surface area contributed by atoms with Crippen LogP contribution in [0.5, 0.6) is 0 Å². The molecule has 1 aromatic carbocycles. The molecule has 23 heavy (non-hydrogen) atoms. The lowest BCUT2D eigenvalue weighted by atomic mass is 9.75. The molecule has 0 spiro atoms. The van der Waals surface area contributed by atoms with Crippen molar-refractivity contribution in [3.05, 3.63) is 52.6 Å². The maximum Gasteiger partial charge on any atom is 0.269 e. The van der Waals surface area contributed by atoms with Gasteiger partial charge in [-0.1, -0.05) is 18.2 Å². The summed E-state index contributed by atoms with van der Waals surface area (Å²) in [6, 6.07) is 4.87. The number of aliphatic hydroxyl groups excluding tert-OH is 1. The van der Waals surface area contributed by atoms with Crippen LogP contribution in [-0.2, 0) is 16.0 Å². The highest BCUT2D eigenvalue weighted by Gasteiger charge is 2.48. The summed E-state index contributed by atoms with van der Waals surface area (Å²) in [5.74, 6) is -3.12. The van der Waals surface area contributed by atoms with Crippen LogP contribution in [0.25, 0.3) is 0 Å². The highest BCUT2D eigenvalue weighted by molar-refractivity contribution is 5.94. The zero-order chi connectivity index (χ0) is 17.1. The molecule has 1 amide bonds. The number of hydrogen-bond acceptors (Lipinski definition) is 6. The number of nitrogens with zero attached hydrogens (tertiary/aromatic N) is 1. The number of nitrogens with one attached hydrogen (secondary N) is 1. The average molecular weight is 320 g/mol. The zero-order valence-corrected chi connectivity index (χ0v) is 12.1. The molecule has 0 saturated carbocycles. The lowest BCUT2D eigenvalue weighted by Crippen LogP contribution is -2.63. The Morgan fingerprint density at radius 1 is 1.39 bits per heavy atom. The highest BCUT2D eigenvalue weighted by Crippen LogP contribution is 2.29. The second-order valence-corrected chi connectivity index (χ2v) is 5.30. The van der Waals surface area contributed by atoms with E-state index < -0.39 is 40.8 Å². The van der Waals surface area contributed by atoms with Gasteiger partial charge in [0.1, 0.15) is 5.78 Å². The third-order valence-electron chi connectivity index (χ3n) is 3.86. The molecule has 1 saturated heterocycles. The zero-order valence-electron chi connectivity index (χ0n) is 12.1. The number of Topliss-reactive ketones (excluding diaryl/α,β-unsaturated/α-hetero) is 1. The Labute approximate surface area is 131 Å². The molecule has 0 radical (unpaired) electrons. The molecule has 8 heteroatoms. The molecule has 3 N–H and O–H groups in total. The van der Waals surface area contributed by atoms with Crippen molar-refractivity contribution in [1.82, 2.24) is 5.32 Å². The lowest BCUT2D eigenvalue weighted by Gasteiger charge is -2.39. The van der Waals surface area contributed by atoms with Gasteiger partial charge in [-0.3, -0.25) is 19.7 Å². The number of carbonyl (C=O) groups excluding carboxylic acids is 2. The Kier molecular flexibility index (Phi) is 4.87. The van der Waals surface area contributed by atoms with Gasteiger partial charge in [0.2, 0.25) is 5.91 Å². The predicted molar refractivity (Wildman–Crippen MR) is 79.1 cm³/mol. The molecular formula is C15H16N2O6. The Morgan fingerprint density at radius 3 is 2.43 bits per heavy atom. The van der Waals surface area contributed by atoms with Gasteiger partial charge < -0.3 is 15.5 Å². The number of carbonyl (C=O) groups is 2. The molecule has 0 bridgehead atoms. The van der Waals surface area contributed by atoms with Crippen LogP contribution in [0.1, 0.15) is 5.56 Å². The quantitative estimate of drug-likeness (QED) is 0.212. The van der Waals surface area contributed by atoms with Crippen molar-refractivity contribution in [2.24, 2.45) is 11.8 Å². The minimum atomic E-state index is -1.97. The molecule has 8 nitrogen and oxygen atoms in total. The summed E-state index contributed by atoms with van der Waals surface area (Å²) in [7, 11) is 0. The summed E-state index contributed by atoms with van der Waals surface area (Å²) in [6.45, 7) is 3.53. The van der Waals surface area contributed by atoms with E-state index in [-0.39, 0.29) is 12.1 Å². The summed E-state index contributed by atoms with van der Waals surface area (Å²) < 4.78 is 0. The van der Waals surface area contributed by atoms with Crippen molar-refractivity contribution in [3.8, 4) is 0 Å². The van der Waals surface area contributed by atoms with Crippen LogP contribution in [-0.4, -0.2) is 39.2 Å². The maximum absolute atomic E-state index is 12.3. The summed E-state index contributed by atoms with van der Waals surface area (Å²) in [5, 5.41) is 32.1. The van der Waals surface area contributed by atoms with E-state index in [0.29, 0.717) is 5.56 Å². The fourth-order valence-electron chi connectivity index (χ4n) is 2.62. The van der Waals surface area contributed by atoms with Crippen molar-refractivity contribution >= 4 is 17.4 Å². The average Bonchev–Trinajstić information content (AvgIpc) is 2.49. The first-order chi connectivity index (χ1) is 10.8. The van der Waals surface area contributed by atoms with Gasteiger partial charge in [0.15, 0.2) is 6.29 Å². The standard InChI is InChI=1S/C15H16N2O6/c1-2-10-12(14(19)16-10)13(15(20)21)11(18)7-8-3-5-9(6-4-8)17(22)23/h2-6,10,12-13,15,20-21H,1,7H2,(H,16,19)/t10-,12+,13?/m1/s1. The number of nitro benzene ring substituents is 1. The first kappa shape index (κ1) is 16.8. The molecule has 1 heterocycles. The largest absolute Gasteiger partial charge is 0.367 e. The van der Waals surface area contributed by atoms with Crippen LogP contribution in [0, 0.1) is 22.0 Å². The molecule has 3 atom stereocenters. The van der Waals surface area contributed by atoms with Crippen LogP contribution >= 0.6 is 0 Å². The predicted octanol–water partition coefficient (Wildman–Crippen LogP) is -0.0661. The van der Waals surface area contributed by atoms with Gasteiger partial charge in [0, 0.05) is 18.6 Å². The Balaban J connectivity index is 2.14. The third-order valence-corrected chi connectivity index (χ3v) is 3.86. The van der Waals surface area contributed by atoms with Gasteiger partial charge in [-0.25, -0.2) is 0 Å². The van der Waals surface area contributed by atoms with Crippen molar-refractivity contribution in [1.29, 1.82) is 0 Å². The number of β-lactam (4-membered cyclic amide) rings is 1. The topological polar surface area (TPSA) is 130 Å². The molecule has 1 aliphatic rings. The molecule has 0 aromatic heterocycles. The van der Waals surface area contributed by atoms with Crippen molar-refractivity contribution < 1.29 is 24.7 Å². The minimum Gasteiger partial charge on any atom is -0.367 e. The van der Waals surface area contributed by atoms with E-state index in [1.165, 1.54) is 30.3 Å². The fraction of sp³-hybridized carbons (Fsp3) is 0.333. The molecule has 2 rings (SSSR count). The van der Waals surface area contributed by atoms with Gasteiger partial charge in [-0.05, 0) is 5.56 Å². The van der Waals surface area contributed by atoms with Crippen molar-refractivity contribution in [2.75, 3.05) is 0 Å². The Bertz CT molecular complexity index is 640. The van der Waals surface area contributed by atoms with Crippen LogP contribution < -0.4 is 5.32 Å². The highest BCUT2D eigenvalue weighted by atomic mass is 16.6. The van der Waals surface area contributed by atoms with E-state index >= 15 is 0 Å². The van der Waals surface area contributed by atoms with Crippen molar-refractivity contribution in [3.63, 3.8) is 0 Å². The Morgan fingerprint density at radius 2 is 2.00 bits per heavy atom. The van der Waals surface area contributed by atoms with Gasteiger partial charge in [-0.15, -0.1) is 6.58 Å². The fourth-order valence-corrected chi connectivity index (χ4v) is 2.62. The summed E-state index contributed by atoms with van der Waals surface area (Å²) >= 11 is 0. The number of amides is 1. The lowest BCUT2D eigenvalue weighted by molar-refractivity contribution is -0.384. The van der Waals surface area contributed by atoms with Gasteiger partial charge in [-0.2, -0.15) is 0 Å². The number of ketones is 1. The van der Waals surface area contributed by atoms with Crippen LogP contribution in [0.3, 0.4) is 0 Å². The molecule has 122 valence electrons. The summed E-state index contributed by atoms with van der Waals surface area (Å²) in [6.07, 6.45) is -0.701. The summed E-state index contributed by atoms with van der Waals surface area (Å²) in [4.78, 5) is 34.0. The number of aliphatic hydroxyl groups is 2. The maximum atomic E-state index is 12.3. The minimum absolute atomic E-state index is 0.106. The second kappa shape index (κ2) is 6.67. The van der Waals surface area contributed by atoms with Crippen molar-refractivity contribution in [2.45, 2.75) is 18.8 Å². The van der Waals surface area contributed by atoms with E-state index in [0.717, 1.165) is 0 Å². The van der Waals surface area contributed by atoms with Crippen LogP contribution in [0.4, 0.5) is 5.69 Å². The number of rotatable bonds is 7. The normalized spacial score (nSPS) is 21.3. The molecule has 1 aromatic rings. The number of benzene rings is 1. The summed E-state index contributed by atoms with van der Waals surface area (Å²) in [5.41, 5.74) is 0.381. The van der Waals surface area contributed by atoms with E-state index in [2.05, 4.69) is 11.9 Å². The van der Waals surface area contributed by atoms with Gasteiger partial charge in [0.25, 0.3) is 5.69 Å². The molecule has 1 unspecified atom stereocenters. The monoisotopic (exact) mass is 320 g/mol. The van der Waals surface area contributed by atoms with Crippen LogP contribution in [0.2, 0.25) is 0 Å². The number of non-ortho nitro benzene ring substituents is 1. The SMILES string of the molecule is C=C[C@H]1NC(=O)[C@@H]1C(C(=O)Cc1ccc([N+](=O)[O-])cc1)C(O)O. The van der Waals surface area contributed by atoms with Gasteiger partial charge >= 0.3 is 0 Å². The first-order valence-electron chi connectivity index (χ1n) is 6.90. The second-order valence-electron chi connectivity index (χ2n) is 5.30. The molecule has 0 aliphatic carbocycles. The molecule has 1 aliphatic heterocycles. The number of hydrogen-bond donors (Lipinski definition) is 3. The third kappa shape index (κ3) is 3.43. The van der Waals surface area contributed by atoms with E-state index in [4.69, 9.17) is 0 Å². The molecule has 1 fully saturated rings. The first-order valence-corrected chi connectivity index (χ1v) is 6.90.